The van der Waals surface area contributed by atoms with Gasteiger partial charge < -0.3 is 5.32 Å². The highest BCUT2D eigenvalue weighted by atomic mass is 35.5. The van der Waals surface area contributed by atoms with Crippen molar-refractivity contribution >= 4 is 22.9 Å². The molecule has 1 aliphatic rings. The molecule has 1 nitrogen and oxygen atoms in total. The molecule has 0 saturated carbocycles. The van der Waals surface area contributed by atoms with Crippen LogP contribution < -0.4 is 5.32 Å². The lowest BCUT2D eigenvalue weighted by atomic mass is 10.1. The fraction of sp³-hybridized carbons (Fsp3) is 0.333. The average Bonchev–Trinajstić information content (AvgIpc) is 2.32. The lowest BCUT2D eigenvalue weighted by Crippen LogP contribution is -2.40. The molecule has 0 spiro atoms. The minimum absolute atomic E-state index is 0.547. The SMILES string of the molecule is Clc1ccc(C#CC2CNC2)s1. The zero-order chi connectivity index (χ0) is 8.39. The summed E-state index contributed by atoms with van der Waals surface area (Å²) in [6.07, 6.45) is 0. The molecule has 12 heavy (non-hydrogen) atoms. The minimum atomic E-state index is 0.547. The van der Waals surface area contributed by atoms with Gasteiger partial charge in [-0.1, -0.05) is 23.4 Å². The Bertz CT molecular complexity index is 330. The van der Waals surface area contributed by atoms with Gasteiger partial charge in [0.05, 0.1) is 9.21 Å². The van der Waals surface area contributed by atoms with Crippen molar-refractivity contribution in [3.05, 3.63) is 21.3 Å². The van der Waals surface area contributed by atoms with Crippen molar-refractivity contribution in [1.29, 1.82) is 0 Å². The van der Waals surface area contributed by atoms with Gasteiger partial charge in [0.1, 0.15) is 0 Å². The second-order valence-electron chi connectivity index (χ2n) is 2.73. The molecule has 1 N–H and O–H groups in total. The van der Waals surface area contributed by atoms with Crippen molar-refractivity contribution in [2.75, 3.05) is 13.1 Å². The molecule has 2 rings (SSSR count). The van der Waals surface area contributed by atoms with E-state index < -0.39 is 0 Å². The zero-order valence-corrected chi connectivity index (χ0v) is 8.00. The fourth-order valence-corrected chi connectivity index (χ4v) is 1.85. The van der Waals surface area contributed by atoms with E-state index in [1.165, 1.54) is 11.3 Å². The zero-order valence-electron chi connectivity index (χ0n) is 6.43. The van der Waals surface area contributed by atoms with Crippen LogP contribution in [0.5, 0.6) is 0 Å². The molecule has 2 heterocycles. The van der Waals surface area contributed by atoms with Crippen molar-refractivity contribution in [3.63, 3.8) is 0 Å². The summed E-state index contributed by atoms with van der Waals surface area (Å²) in [5.74, 6) is 6.85. The Balaban J connectivity index is 2.04. The third kappa shape index (κ3) is 1.81. The predicted octanol–water partition coefficient (Wildman–Crippen LogP) is 1.97. The van der Waals surface area contributed by atoms with E-state index in [1.54, 1.807) is 0 Å². The first-order chi connectivity index (χ1) is 5.84. The Hall–Kier alpha value is -0.490. The molecule has 0 aromatic carbocycles. The number of hydrogen-bond acceptors (Lipinski definition) is 2. The summed E-state index contributed by atoms with van der Waals surface area (Å²) in [6, 6.07) is 3.85. The Morgan fingerprint density at radius 2 is 2.33 bits per heavy atom. The van der Waals surface area contributed by atoms with Crippen LogP contribution >= 0.6 is 22.9 Å². The molecule has 3 heteroatoms. The highest BCUT2D eigenvalue weighted by Gasteiger charge is 2.12. The molecule has 1 saturated heterocycles. The summed E-state index contributed by atoms with van der Waals surface area (Å²) < 4.78 is 0.811. The van der Waals surface area contributed by atoms with Crippen LogP contribution in [0.4, 0.5) is 0 Å². The van der Waals surface area contributed by atoms with Gasteiger partial charge in [0.15, 0.2) is 0 Å². The number of rotatable bonds is 0. The highest BCUT2D eigenvalue weighted by molar-refractivity contribution is 7.16. The predicted molar refractivity (Wildman–Crippen MR) is 52.6 cm³/mol. The summed E-state index contributed by atoms with van der Waals surface area (Å²) in [5, 5.41) is 3.18. The molecular weight excluding hydrogens is 190 g/mol. The third-order valence-corrected chi connectivity index (χ3v) is 2.90. The molecule has 0 bridgehead atoms. The van der Waals surface area contributed by atoms with Crippen molar-refractivity contribution < 1.29 is 0 Å². The van der Waals surface area contributed by atoms with Crippen LogP contribution in [-0.2, 0) is 0 Å². The van der Waals surface area contributed by atoms with Crippen molar-refractivity contribution in [2.45, 2.75) is 0 Å². The summed E-state index contributed by atoms with van der Waals surface area (Å²) >= 11 is 7.30. The van der Waals surface area contributed by atoms with Gasteiger partial charge in [-0.05, 0) is 12.1 Å². The van der Waals surface area contributed by atoms with Gasteiger partial charge in [-0.25, -0.2) is 0 Å². The van der Waals surface area contributed by atoms with Gasteiger partial charge in [-0.3, -0.25) is 0 Å². The van der Waals surface area contributed by atoms with Crippen LogP contribution in [-0.4, -0.2) is 13.1 Å². The minimum Gasteiger partial charge on any atom is -0.314 e. The van der Waals surface area contributed by atoms with Crippen molar-refractivity contribution in [1.82, 2.24) is 5.32 Å². The number of hydrogen-bond donors (Lipinski definition) is 1. The molecule has 1 fully saturated rings. The van der Waals surface area contributed by atoms with Crippen LogP contribution in [0.25, 0.3) is 0 Å². The van der Waals surface area contributed by atoms with E-state index in [1.807, 2.05) is 12.1 Å². The Kier molecular flexibility index (Phi) is 2.36. The van der Waals surface area contributed by atoms with E-state index in [0.717, 1.165) is 22.3 Å². The Labute approximate surface area is 80.7 Å². The maximum absolute atomic E-state index is 5.76. The lowest BCUT2D eigenvalue weighted by Gasteiger charge is -2.21. The van der Waals surface area contributed by atoms with Gasteiger partial charge in [-0.15, -0.1) is 11.3 Å². The summed E-state index contributed by atoms with van der Waals surface area (Å²) in [4.78, 5) is 1.06. The molecule has 0 radical (unpaired) electrons. The molecule has 0 unspecified atom stereocenters. The van der Waals surface area contributed by atoms with Crippen LogP contribution in [0.3, 0.4) is 0 Å². The molecule has 0 atom stereocenters. The number of thiophene rings is 1. The van der Waals surface area contributed by atoms with Crippen molar-refractivity contribution in [2.24, 2.45) is 5.92 Å². The van der Waals surface area contributed by atoms with Crippen LogP contribution in [0.2, 0.25) is 4.34 Å². The summed E-state index contributed by atoms with van der Waals surface area (Å²) in [6.45, 7) is 2.07. The quantitative estimate of drug-likeness (QED) is 0.628. The molecular formula is C9H8ClNS. The maximum atomic E-state index is 5.76. The van der Waals surface area contributed by atoms with Crippen LogP contribution in [0.15, 0.2) is 12.1 Å². The van der Waals surface area contributed by atoms with Crippen molar-refractivity contribution in [3.8, 4) is 11.8 Å². The van der Waals surface area contributed by atoms with Gasteiger partial charge in [-0.2, -0.15) is 0 Å². The van der Waals surface area contributed by atoms with E-state index >= 15 is 0 Å². The summed E-state index contributed by atoms with van der Waals surface area (Å²) in [7, 11) is 0. The standard InChI is InChI=1S/C9H8ClNS/c10-9-4-3-8(12-9)2-1-7-5-11-6-7/h3-4,7,11H,5-6H2. The molecule has 62 valence electrons. The topological polar surface area (TPSA) is 12.0 Å². The van der Waals surface area contributed by atoms with Gasteiger partial charge in [0.2, 0.25) is 0 Å². The lowest BCUT2D eigenvalue weighted by molar-refractivity contribution is 0.432. The number of nitrogens with one attached hydrogen (secondary N) is 1. The van der Waals surface area contributed by atoms with Crippen LogP contribution in [0.1, 0.15) is 4.88 Å². The Morgan fingerprint density at radius 3 is 2.83 bits per heavy atom. The largest absolute Gasteiger partial charge is 0.314 e. The van der Waals surface area contributed by atoms with E-state index in [0.29, 0.717) is 5.92 Å². The third-order valence-electron chi connectivity index (χ3n) is 1.75. The monoisotopic (exact) mass is 197 g/mol. The van der Waals surface area contributed by atoms with E-state index in [4.69, 9.17) is 11.6 Å². The second-order valence-corrected chi connectivity index (χ2v) is 4.44. The molecule has 0 aliphatic carbocycles. The Morgan fingerprint density at radius 1 is 1.50 bits per heavy atom. The van der Waals surface area contributed by atoms with E-state index in [9.17, 15) is 0 Å². The smallest absolute Gasteiger partial charge is 0.0941 e. The van der Waals surface area contributed by atoms with Gasteiger partial charge >= 0.3 is 0 Å². The first-order valence-corrected chi connectivity index (χ1v) is 5.01. The van der Waals surface area contributed by atoms with Crippen LogP contribution in [0, 0.1) is 17.8 Å². The molecule has 1 aliphatic heterocycles. The average molecular weight is 198 g/mol. The molecule has 1 aromatic heterocycles. The van der Waals surface area contributed by atoms with E-state index in [2.05, 4.69) is 17.2 Å². The van der Waals surface area contributed by atoms with Gasteiger partial charge in [0, 0.05) is 19.0 Å². The molecule has 1 aromatic rings. The molecule has 0 amide bonds. The maximum Gasteiger partial charge on any atom is 0.0941 e. The number of halogens is 1. The second kappa shape index (κ2) is 3.49. The van der Waals surface area contributed by atoms with Gasteiger partial charge in [0.25, 0.3) is 0 Å². The first-order valence-electron chi connectivity index (χ1n) is 3.82. The highest BCUT2D eigenvalue weighted by Crippen LogP contribution is 2.20. The normalized spacial score (nSPS) is 16.4. The van der Waals surface area contributed by atoms with E-state index in [-0.39, 0.29) is 0 Å². The first kappa shape index (κ1) is 8.12. The fourth-order valence-electron chi connectivity index (χ4n) is 0.945. The summed E-state index contributed by atoms with van der Waals surface area (Å²) in [5.41, 5.74) is 0.